The summed E-state index contributed by atoms with van der Waals surface area (Å²) in [5.41, 5.74) is 0.959. The zero-order valence-electron chi connectivity index (χ0n) is 14.3. The van der Waals surface area contributed by atoms with Crippen molar-refractivity contribution in [1.29, 1.82) is 0 Å². The summed E-state index contributed by atoms with van der Waals surface area (Å²) < 4.78 is 15.5. The molecular formula is C17H19BN2O6. The average Bonchev–Trinajstić information content (AvgIpc) is 3.17. The van der Waals surface area contributed by atoms with E-state index in [0.29, 0.717) is 18.6 Å². The van der Waals surface area contributed by atoms with Gasteiger partial charge in [-0.3, -0.25) is 4.79 Å². The standard InChI is InChI=1S/C17H19BN2O6/c1-2-3-9-24-17(22)12-6-4-5-11-10-14(18(23)25-15(11)12)20-16(21)13-7-8-19-26-13/h4-8,14,23H,2-3,9-10H2,1H3,(H,20,21)/t14-/m0/s1. The van der Waals surface area contributed by atoms with Gasteiger partial charge in [-0.25, -0.2) is 4.79 Å². The Labute approximate surface area is 150 Å². The highest BCUT2D eigenvalue weighted by atomic mass is 16.5. The molecule has 26 heavy (non-hydrogen) atoms. The van der Waals surface area contributed by atoms with Gasteiger partial charge in [-0.2, -0.15) is 0 Å². The number of hydrogen-bond acceptors (Lipinski definition) is 7. The lowest BCUT2D eigenvalue weighted by molar-refractivity contribution is 0.0496. The van der Waals surface area contributed by atoms with Crippen LogP contribution >= 0.6 is 0 Å². The number of amides is 1. The molecule has 3 rings (SSSR count). The van der Waals surface area contributed by atoms with Crippen LogP contribution in [0.4, 0.5) is 0 Å². The van der Waals surface area contributed by atoms with E-state index in [1.54, 1.807) is 18.2 Å². The van der Waals surface area contributed by atoms with Crippen molar-refractivity contribution in [2.45, 2.75) is 32.1 Å². The molecule has 1 aromatic carbocycles. The zero-order chi connectivity index (χ0) is 18.5. The maximum Gasteiger partial charge on any atom is 0.547 e. The van der Waals surface area contributed by atoms with Crippen LogP contribution in [0.5, 0.6) is 5.75 Å². The van der Waals surface area contributed by atoms with E-state index in [2.05, 4.69) is 10.5 Å². The van der Waals surface area contributed by atoms with Crippen LogP contribution in [0.25, 0.3) is 0 Å². The Morgan fingerprint density at radius 3 is 3.00 bits per heavy atom. The Hall–Kier alpha value is -2.81. The van der Waals surface area contributed by atoms with Gasteiger partial charge in [0.25, 0.3) is 5.91 Å². The lowest BCUT2D eigenvalue weighted by Gasteiger charge is -2.28. The molecule has 0 bridgehead atoms. The van der Waals surface area contributed by atoms with Crippen LogP contribution in [0.1, 0.15) is 46.2 Å². The summed E-state index contributed by atoms with van der Waals surface area (Å²) in [7, 11) is -1.31. The van der Waals surface area contributed by atoms with Crippen molar-refractivity contribution in [3.05, 3.63) is 47.3 Å². The highest BCUT2D eigenvalue weighted by Gasteiger charge is 2.38. The molecule has 0 spiro atoms. The van der Waals surface area contributed by atoms with Crippen molar-refractivity contribution in [3.63, 3.8) is 0 Å². The first-order chi connectivity index (χ1) is 12.6. The molecule has 2 heterocycles. The Bertz CT molecular complexity index is 780. The molecule has 0 fully saturated rings. The molecule has 0 saturated heterocycles. The highest BCUT2D eigenvalue weighted by molar-refractivity contribution is 6.47. The smallest absolute Gasteiger partial charge is 0.534 e. The maximum atomic E-state index is 12.2. The molecule has 0 unspecified atom stereocenters. The normalized spacial score (nSPS) is 15.8. The molecular weight excluding hydrogens is 339 g/mol. The van der Waals surface area contributed by atoms with Crippen LogP contribution in [-0.2, 0) is 11.2 Å². The molecule has 0 radical (unpaired) electrons. The Balaban J connectivity index is 1.73. The van der Waals surface area contributed by atoms with Crippen LogP contribution in [0, 0.1) is 0 Å². The monoisotopic (exact) mass is 358 g/mol. The number of esters is 1. The van der Waals surface area contributed by atoms with Gasteiger partial charge >= 0.3 is 13.1 Å². The topological polar surface area (TPSA) is 111 Å². The predicted octanol–water partition coefficient (Wildman–Crippen LogP) is 1.38. The van der Waals surface area contributed by atoms with Gasteiger partial charge in [-0.05, 0) is 24.5 Å². The van der Waals surface area contributed by atoms with Gasteiger partial charge in [0.05, 0.1) is 18.7 Å². The van der Waals surface area contributed by atoms with Gasteiger partial charge in [0, 0.05) is 6.07 Å². The lowest BCUT2D eigenvalue weighted by Crippen LogP contribution is -2.53. The summed E-state index contributed by atoms with van der Waals surface area (Å²) in [4.78, 5) is 24.3. The van der Waals surface area contributed by atoms with Gasteiger partial charge < -0.3 is 24.3 Å². The van der Waals surface area contributed by atoms with Gasteiger partial charge in [-0.1, -0.05) is 30.6 Å². The van der Waals surface area contributed by atoms with E-state index in [1.165, 1.54) is 12.3 Å². The summed E-state index contributed by atoms with van der Waals surface area (Å²) in [6, 6.07) is 6.50. The summed E-state index contributed by atoms with van der Waals surface area (Å²) in [6.45, 7) is 2.34. The number of rotatable bonds is 6. The van der Waals surface area contributed by atoms with E-state index >= 15 is 0 Å². The number of nitrogens with one attached hydrogen (secondary N) is 1. The van der Waals surface area contributed by atoms with Crippen LogP contribution in [0.3, 0.4) is 0 Å². The first kappa shape index (κ1) is 18.0. The molecule has 2 N–H and O–H groups in total. The number of ether oxygens (including phenoxy) is 1. The fourth-order valence-electron chi connectivity index (χ4n) is 2.67. The number of nitrogens with zero attached hydrogens (tertiary/aromatic N) is 1. The number of fused-ring (bicyclic) bond motifs is 1. The summed E-state index contributed by atoms with van der Waals surface area (Å²) in [6.07, 6.45) is 3.35. The minimum absolute atomic E-state index is 0.0382. The molecule has 0 aliphatic carbocycles. The molecule has 1 amide bonds. The largest absolute Gasteiger partial charge is 0.547 e. The lowest BCUT2D eigenvalue weighted by atomic mass is 9.72. The molecule has 9 heteroatoms. The SMILES string of the molecule is CCCCOC(=O)c1cccc2c1OB(O)[C@@H](NC(=O)c1ccno1)C2. The molecule has 1 aromatic heterocycles. The summed E-state index contributed by atoms with van der Waals surface area (Å²) >= 11 is 0. The maximum absolute atomic E-state index is 12.2. The van der Waals surface area contributed by atoms with Crippen LogP contribution in [0.2, 0.25) is 0 Å². The van der Waals surface area contributed by atoms with Crippen molar-refractivity contribution in [1.82, 2.24) is 10.5 Å². The number of carbonyl (C=O) groups is 2. The second-order valence-corrected chi connectivity index (χ2v) is 5.95. The Morgan fingerprint density at radius 1 is 1.42 bits per heavy atom. The van der Waals surface area contributed by atoms with Crippen molar-refractivity contribution >= 4 is 19.0 Å². The minimum Gasteiger partial charge on any atom is -0.534 e. The number of benzene rings is 1. The van der Waals surface area contributed by atoms with Crippen molar-refractivity contribution in [2.75, 3.05) is 6.61 Å². The molecule has 1 aliphatic heterocycles. The summed E-state index contributed by atoms with van der Waals surface area (Å²) in [5.74, 6) is -1.37. The van der Waals surface area contributed by atoms with Gasteiger partial charge in [-0.15, -0.1) is 0 Å². The van der Waals surface area contributed by atoms with Crippen molar-refractivity contribution < 1.29 is 28.5 Å². The van der Waals surface area contributed by atoms with E-state index in [-0.39, 0.29) is 17.1 Å². The quantitative estimate of drug-likeness (QED) is 0.456. The second kappa shape index (κ2) is 8.05. The molecule has 1 aliphatic rings. The number of carbonyl (C=O) groups excluding carboxylic acids is 2. The van der Waals surface area contributed by atoms with Crippen LogP contribution in [-0.4, -0.2) is 41.7 Å². The highest BCUT2D eigenvalue weighted by Crippen LogP contribution is 2.30. The second-order valence-electron chi connectivity index (χ2n) is 5.95. The van der Waals surface area contributed by atoms with E-state index < -0.39 is 24.9 Å². The van der Waals surface area contributed by atoms with E-state index in [0.717, 1.165) is 12.8 Å². The van der Waals surface area contributed by atoms with E-state index in [1.807, 2.05) is 6.92 Å². The Kier molecular flexibility index (Phi) is 5.57. The fraction of sp³-hybridized carbons (Fsp3) is 0.353. The predicted molar refractivity (Wildman–Crippen MR) is 91.7 cm³/mol. The molecule has 136 valence electrons. The van der Waals surface area contributed by atoms with Crippen molar-refractivity contribution in [2.24, 2.45) is 0 Å². The number of unbranched alkanes of at least 4 members (excludes halogenated alkanes) is 1. The van der Waals surface area contributed by atoms with Gasteiger partial charge in [0.15, 0.2) is 0 Å². The first-order valence-corrected chi connectivity index (χ1v) is 8.45. The first-order valence-electron chi connectivity index (χ1n) is 8.45. The fourth-order valence-corrected chi connectivity index (χ4v) is 2.67. The minimum atomic E-state index is -1.31. The number of aromatic nitrogens is 1. The Morgan fingerprint density at radius 2 is 2.27 bits per heavy atom. The molecule has 8 nitrogen and oxygen atoms in total. The van der Waals surface area contributed by atoms with Crippen LogP contribution in [0.15, 0.2) is 35.0 Å². The van der Waals surface area contributed by atoms with Crippen molar-refractivity contribution in [3.8, 4) is 5.75 Å². The third-order valence-electron chi connectivity index (χ3n) is 4.05. The molecule has 0 saturated carbocycles. The number of hydrogen-bond donors (Lipinski definition) is 2. The third-order valence-corrected chi connectivity index (χ3v) is 4.05. The summed E-state index contributed by atoms with van der Waals surface area (Å²) in [5, 5.41) is 16.4. The van der Waals surface area contributed by atoms with E-state index in [9.17, 15) is 14.6 Å². The molecule has 2 aromatic rings. The average molecular weight is 358 g/mol. The molecule has 1 atom stereocenters. The van der Waals surface area contributed by atoms with Crippen LogP contribution < -0.4 is 9.97 Å². The van der Waals surface area contributed by atoms with E-state index in [4.69, 9.17) is 13.9 Å². The zero-order valence-corrected chi connectivity index (χ0v) is 14.3. The third kappa shape index (κ3) is 3.88. The van der Waals surface area contributed by atoms with Gasteiger partial charge in [0.1, 0.15) is 11.3 Å². The number of para-hydroxylation sites is 1. The van der Waals surface area contributed by atoms with Gasteiger partial charge in [0.2, 0.25) is 5.76 Å².